The maximum atomic E-state index is 11.8. The molecule has 1 saturated carbocycles. The van der Waals surface area contributed by atoms with E-state index in [0.717, 1.165) is 19.3 Å². The van der Waals surface area contributed by atoms with Crippen molar-refractivity contribution < 1.29 is 14.6 Å². The summed E-state index contributed by atoms with van der Waals surface area (Å²) in [6.45, 7) is 1.18. The normalized spacial score (nSPS) is 38.9. The van der Waals surface area contributed by atoms with Crippen molar-refractivity contribution in [3.63, 3.8) is 0 Å². The molecule has 0 aromatic rings. The molecule has 1 saturated heterocycles. The van der Waals surface area contributed by atoms with Gasteiger partial charge in [0.1, 0.15) is 5.60 Å². The minimum Gasteiger partial charge on any atom is -0.386 e. The Morgan fingerprint density at radius 3 is 2.94 bits per heavy atom. The van der Waals surface area contributed by atoms with Crippen LogP contribution in [0, 0.1) is 5.92 Å². The lowest BCUT2D eigenvalue weighted by molar-refractivity contribution is -0.126. The first-order valence-electron chi connectivity index (χ1n) is 5.92. The fourth-order valence-corrected chi connectivity index (χ4v) is 2.39. The largest absolute Gasteiger partial charge is 0.386 e. The Kier molecular flexibility index (Phi) is 3.47. The minimum absolute atomic E-state index is 0.0216. The van der Waals surface area contributed by atoms with E-state index in [1.807, 2.05) is 0 Å². The molecule has 1 aliphatic heterocycles. The van der Waals surface area contributed by atoms with Gasteiger partial charge in [-0.25, -0.2) is 0 Å². The Hall–Kier alpha value is -0.650. The molecule has 0 aromatic heterocycles. The van der Waals surface area contributed by atoms with Crippen molar-refractivity contribution in [3.8, 4) is 0 Å². The van der Waals surface area contributed by atoms with Crippen molar-refractivity contribution >= 4 is 5.91 Å². The molecule has 1 heterocycles. The number of ether oxygens (including phenoxy) is 1. The lowest BCUT2D eigenvalue weighted by atomic mass is 10.0. The standard InChI is InChI=1S/C11H20N2O3/c12-9-2-1-8(5-9)10(14)13-6-11(15)3-4-16-7-11/h8-9,15H,1-7,12H2,(H,13,14). The topological polar surface area (TPSA) is 84.6 Å². The number of nitrogens with two attached hydrogens (primary N) is 1. The van der Waals surface area contributed by atoms with Crippen molar-refractivity contribution in [1.82, 2.24) is 5.32 Å². The molecule has 0 aromatic carbocycles. The van der Waals surface area contributed by atoms with Gasteiger partial charge in [0, 0.05) is 31.5 Å². The number of nitrogens with one attached hydrogen (secondary N) is 1. The predicted octanol–water partition coefficient (Wildman–Crippen LogP) is -0.619. The Morgan fingerprint density at radius 1 is 1.56 bits per heavy atom. The van der Waals surface area contributed by atoms with Gasteiger partial charge in [0.05, 0.1) is 6.61 Å². The van der Waals surface area contributed by atoms with E-state index in [-0.39, 0.29) is 24.4 Å². The number of aliphatic hydroxyl groups is 1. The zero-order valence-electron chi connectivity index (χ0n) is 9.45. The van der Waals surface area contributed by atoms with Crippen LogP contribution in [-0.2, 0) is 9.53 Å². The van der Waals surface area contributed by atoms with Crippen LogP contribution in [-0.4, -0.2) is 42.4 Å². The summed E-state index contributed by atoms with van der Waals surface area (Å²) in [5.74, 6) is 0.0502. The average Bonchev–Trinajstić information content (AvgIpc) is 2.85. The van der Waals surface area contributed by atoms with Crippen LogP contribution in [0.15, 0.2) is 0 Å². The van der Waals surface area contributed by atoms with E-state index in [0.29, 0.717) is 19.6 Å². The van der Waals surface area contributed by atoms with Crippen LogP contribution in [0.2, 0.25) is 0 Å². The van der Waals surface area contributed by atoms with Gasteiger partial charge >= 0.3 is 0 Å². The summed E-state index contributed by atoms with van der Waals surface area (Å²) in [4.78, 5) is 11.8. The van der Waals surface area contributed by atoms with Crippen LogP contribution in [0.4, 0.5) is 0 Å². The second-order valence-electron chi connectivity index (χ2n) is 5.01. The summed E-state index contributed by atoms with van der Waals surface area (Å²) < 4.78 is 5.11. The second-order valence-corrected chi connectivity index (χ2v) is 5.01. The first-order chi connectivity index (χ1) is 7.59. The molecule has 2 rings (SSSR count). The molecule has 92 valence electrons. The van der Waals surface area contributed by atoms with Crippen molar-refractivity contribution in [3.05, 3.63) is 0 Å². The lowest BCUT2D eigenvalue weighted by Gasteiger charge is -2.21. The zero-order valence-corrected chi connectivity index (χ0v) is 9.45. The molecule has 16 heavy (non-hydrogen) atoms. The van der Waals surface area contributed by atoms with E-state index in [9.17, 15) is 9.90 Å². The van der Waals surface area contributed by atoms with Crippen LogP contribution in [0.1, 0.15) is 25.7 Å². The Bertz CT molecular complexity index is 264. The molecule has 3 unspecified atom stereocenters. The highest BCUT2D eigenvalue weighted by Gasteiger charge is 2.34. The highest BCUT2D eigenvalue weighted by molar-refractivity contribution is 5.79. The first kappa shape index (κ1) is 11.8. The van der Waals surface area contributed by atoms with Gasteiger partial charge in [-0.15, -0.1) is 0 Å². The van der Waals surface area contributed by atoms with Gasteiger partial charge in [0.15, 0.2) is 0 Å². The van der Waals surface area contributed by atoms with E-state index in [1.165, 1.54) is 0 Å². The lowest BCUT2D eigenvalue weighted by Crippen LogP contribution is -2.45. The second kappa shape index (κ2) is 4.69. The SMILES string of the molecule is NC1CCC(C(=O)NCC2(O)CCOC2)C1. The molecule has 1 amide bonds. The molecule has 0 radical (unpaired) electrons. The van der Waals surface area contributed by atoms with Gasteiger partial charge in [-0.05, 0) is 19.3 Å². The van der Waals surface area contributed by atoms with E-state index in [1.54, 1.807) is 0 Å². The van der Waals surface area contributed by atoms with Crippen LogP contribution in [0.25, 0.3) is 0 Å². The summed E-state index contributed by atoms with van der Waals surface area (Å²) in [5, 5.41) is 12.8. The fraction of sp³-hybridized carbons (Fsp3) is 0.909. The van der Waals surface area contributed by atoms with Crippen molar-refractivity contribution in [1.29, 1.82) is 0 Å². The number of rotatable bonds is 3. The molecule has 3 atom stereocenters. The summed E-state index contributed by atoms with van der Waals surface area (Å²) in [6.07, 6.45) is 3.14. The van der Waals surface area contributed by atoms with E-state index < -0.39 is 5.60 Å². The molecule has 0 spiro atoms. The predicted molar refractivity (Wildman–Crippen MR) is 58.7 cm³/mol. The minimum atomic E-state index is -0.865. The average molecular weight is 228 g/mol. The maximum absolute atomic E-state index is 11.8. The van der Waals surface area contributed by atoms with Gasteiger partial charge < -0.3 is 20.9 Å². The Labute approximate surface area is 95.3 Å². The van der Waals surface area contributed by atoms with E-state index in [4.69, 9.17) is 10.5 Å². The van der Waals surface area contributed by atoms with Gasteiger partial charge in [-0.1, -0.05) is 0 Å². The molecule has 2 fully saturated rings. The monoisotopic (exact) mass is 228 g/mol. The zero-order chi connectivity index (χ0) is 11.6. The maximum Gasteiger partial charge on any atom is 0.223 e. The molecular weight excluding hydrogens is 208 g/mol. The van der Waals surface area contributed by atoms with Crippen LogP contribution in [0.3, 0.4) is 0 Å². The van der Waals surface area contributed by atoms with Crippen molar-refractivity contribution in [2.45, 2.75) is 37.3 Å². The van der Waals surface area contributed by atoms with Gasteiger partial charge in [-0.2, -0.15) is 0 Å². The molecule has 2 aliphatic rings. The molecular formula is C11H20N2O3. The third-order valence-corrected chi connectivity index (χ3v) is 3.52. The summed E-state index contributed by atoms with van der Waals surface area (Å²) >= 11 is 0. The third-order valence-electron chi connectivity index (χ3n) is 3.52. The molecule has 5 heteroatoms. The summed E-state index contributed by atoms with van der Waals surface area (Å²) in [6, 6.07) is 0.161. The smallest absolute Gasteiger partial charge is 0.223 e. The number of amides is 1. The first-order valence-corrected chi connectivity index (χ1v) is 5.92. The highest BCUT2D eigenvalue weighted by Crippen LogP contribution is 2.24. The highest BCUT2D eigenvalue weighted by atomic mass is 16.5. The van der Waals surface area contributed by atoms with Gasteiger partial charge in [0.25, 0.3) is 0 Å². The molecule has 1 aliphatic carbocycles. The Balaban J connectivity index is 1.75. The van der Waals surface area contributed by atoms with Gasteiger partial charge in [-0.3, -0.25) is 4.79 Å². The number of hydrogen-bond donors (Lipinski definition) is 3. The van der Waals surface area contributed by atoms with E-state index >= 15 is 0 Å². The quantitative estimate of drug-likeness (QED) is 0.601. The van der Waals surface area contributed by atoms with Crippen LogP contribution >= 0.6 is 0 Å². The fourth-order valence-electron chi connectivity index (χ4n) is 2.39. The molecule has 0 bridgehead atoms. The van der Waals surface area contributed by atoms with Crippen molar-refractivity contribution in [2.24, 2.45) is 11.7 Å². The van der Waals surface area contributed by atoms with Crippen LogP contribution in [0.5, 0.6) is 0 Å². The summed E-state index contributed by atoms with van der Waals surface area (Å²) in [5.41, 5.74) is 4.89. The number of hydrogen-bond acceptors (Lipinski definition) is 4. The summed E-state index contributed by atoms with van der Waals surface area (Å²) in [7, 11) is 0. The number of carbonyl (C=O) groups is 1. The molecule has 4 N–H and O–H groups in total. The van der Waals surface area contributed by atoms with Gasteiger partial charge in [0.2, 0.25) is 5.91 Å². The number of carbonyl (C=O) groups excluding carboxylic acids is 1. The molecule has 5 nitrogen and oxygen atoms in total. The van der Waals surface area contributed by atoms with Crippen LogP contribution < -0.4 is 11.1 Å². The van der Waals surface area contributed by atoms with E-state index in [2.05, 4.69) is 5.32 Å². The third kappa shape index (κ3) is 2.72. The Morgan fingerprint density at radius 2 is 2.38 bits per heavy atom. The van der Waals surface area contributed by atoms with Crippen molar-refractivity contribution in [2.75, 3.05) is 19.8 Å².